The van der Waals surface area contributed by atoms with Gasteiger partial charge < -0.3 is 20.5 Å². The Kier molecular flexibility index (Phi) is 3.08. The largest absolute Gasteiger partial charge is 0.444 e. The van der Waals surface area contributed by atoms with Crippen LogP contribution in [0.4, 0.5) is 4.79 Å². The standard InChI is InChI=1S/C12H22N2O3/c1-12(2,3)17-11(16)14-6-7-4-5-8(14)10(15)9(7)13/h7-10,15H,4-6,13H2,1-3H3/t7-,8+,9+,10-/m1/s1. The minimum atomic E-state index is -0.616. The molecule has 2 aliphatic heterocycles. The zero-order valence-corrected chi connectivity index (χ0v) is 10.7. The topological polar surface area (TPSA) is 75.8 Å². The molecule has 3 aliphatic rings. The van der Waals surface area contributed by atoms with Crippen LogP contribution in [-0.4, -0.2) is 46.4 Å². The SMILES string of the molecule is CC(C)(C)OC(=O)N1C[C@H]2CC[C@H]1[C@@H](O)[C@H]2N. The van der Waals surface area contributed by atoms with Crippen LogP contribution in [0.3, 0.4) is 0 Å². The molecule has 3 fully saturated rings. The lowest BCUT2D eigenvalue weighted by Gasteiger charge is -2.51. The molecule has 2 heterocycles. The number of aliphatic hydroxyl groups excluding tert-OH is 1. The van der Waals surface area contributed by atoms with E-state index in [4.69, 9.17) is 10.5 Å². The van der Waals surface area contributed by atoms with Gasteiger partial charge >= 0.3 is 6.09 Å². The van der Waals surface area contributed by atoms with Crippen LogP contribution in [0, 0.1) is 5.92 Å². The van der Waals surface area contributed by atoms with Gasteiger partial charge in [-0.1, -0.05) is 0 Å². The summed E-state index contributed by atoms with van der Waals surface area (Å²) < 4.78 is 5.35. The Morgan fingerprint density at radius 2 is 2.06 bits per heavy atom. The number of fused-ring (bicyclic) bond motifs is 3. The van der Waals surface area contributed by atoms with Gasteiger partial charge in [0.05, 0.1) is 12.1 Å². The van der Waals surface area contributed by atoms with E-state index < -0.39 is 11.7 Å². The van der Waals surface area contributed by atoms with Crippen molar-refractivity contribution < 1.29 is 14.6 Å². The number of hydrogen-bond donors (Lipinski definition) is 2. The van der Waals surface area contributed by atoms with Crippen molar-refractivity contribution in [2.24, 2.45) is 11.7 Å². The average molecular weight is 242 g/mol. The number of rotatable bonds is 0. The highest BCUT2D eigenvalue weighted by Gasteiger charge is 2.48. The highest BCUT2D eigenvalue weighted by molar-refractivity contribution is 5.69. The molecule has 2 saturated heterocycles. The average Bonchev–Trinajstić information content (AvgIpc) is 2.22. The van der Waals surface area contributed by atoms with E-state index in [9.17, 15) is 9.90 Å². The van der Waals surface area contributed by atoms with Crippen LogP contribution in [0.15, 0.2) is 0 Å². The molecule has 0 spiro atoms. The highest BCUT2D eigenvalue weighted by atomic mass is 16.6. The molecule has 17 heavy (non-hydrogen) atoms. The minimum absolute atomic E-state index is 0.176. The number of piperidine rings is 2. The second-order valence-electron chi connectivity index (χ2n) is 6.11. The van der Waals surface area contributed by atoms with Crippen molar-refractivity contribution >= 4 is 6.09 Å². The summed E-state index contributed by atoms with van der Waals surface area (Å²) in [6.45, 7) is 6.14. The first-order valence-corrected chi connectivity index (χ1v) is 6.23. The quantitative estimate of drug-likeness (QED) is 0.656. The van der Waals surface area contributed by atoms with E-state index in [1.54, 1.807) is 4.90 Å². The number of hydrogen-bond acceptors (Lipinski definition) is 4. The Hall–Kier alpha value is -0.810. The zero-order valence-electron chi connectivity index (χ0n) is 10.7. The Morgan fingerprint density at radius 1 is 1.41 bits per heavy atom. The summed E-state index contributed by atoms with van der Waals surface area (Å²) in [6, 6.07) is -0.378. The molecule has 98 valence electrons. The van der Waals surface area contributed by atoms with Gasteiger partial charge in [-0.05, 0) is 39.5 Å². The van der Waals surface area contributed by atoms with Crippen molar-refractivity contribution in [1.82, 2.24) is 4.90 Å². The summed E-state index contributed by atoms with van der Waals surface area (Å²) in [5.41, 5.74) is 5.43. The molecule has 2 bridgehead atoms. The van der Waals surface area contributed by atoms with E-state index in [2.05, 4.69) is 0 Å². The lowest BCUT2D eigenvalue weighted by atomic mass is 9.75. The molecule has 1 aliphatic carbocycles. The van der Waals surface area contributed by atoms with Gasteiger partial charge in [0.15, 0.2) is 0 Å². The van der Waals surface area contributed by atoms with Crippen LogP contribution in [-0.2, 0) is 4.74 Å². The normalized spacial score (nSPS) is 37.1. The van der Waals surface area contributed by atoms with Crippen LogP contribution in [0.5, 0.6) is 0 Å². The van der Waals surface area contributed by atoms with Crippen molar-refractivity contribution in [3.05, 3.63) is 0 Å². The zero-order chi connectivity index (χ0) is 12.8. The molecule has 3 N–H and O–H groups in total. The molecule has 0 radical (unpaired) electrons. The lowest BCUT2D eigenvalue weighted by molar-refractivity contribution is -0.0748. The number of nitrogens with two attached hydrogens (primary N) is 1. The van der Waals surface area contributed by atoms with E-state index >= 15 is 0 Å². The highest BCUT2D eigenvalue weighted by Crippen LogP contribution is 2.35. The predicted molar refractivity (Wildman–Crippen MR) is 63.4 cm³/mol. The first-order chi connectivity index (χ1) is 7.79. The van der Waals surface area contributed by atoms with E-state index in [-0.39, 0.29) is 24.1 Å². The molecule has 4 atom stereocenters. The van der Waals surface area contributed by atoms with Gasteiger partial charge in [0.25, 0.3) is 0 Å². The molecule has 1 saturated carbocycles. The van der Waals surface area contributed by atoms with Crippen LogP contribution in [0.2, 0.25) is 0 Å². The summed E-state index contributed by atoms with van der Waals surface area (Å²) in [5, 5.41) is 10.0. The van der Waals surface area contributed by atoms with Crippen LogP contribution >= 0.6 is 0 Å². The molecule has 0 aromatic heterocycles. The summed E-state index contributed by atoms with van der Waals surface area (Å²) in [4.78, 5) is 13.7. The second-order valence-corrected chi connectivity index (χ2v) is 6.11. The third-order valence-electron chi connectivity index (χ3n) is 3.63. The molecule has 0 aromatic carbocycles. The van der Waals surface area contributed by atoms with E-state index in [1.807, 2.05) is 20.8 Å². The molecule has 0 unspecified atom stereocenters. The molecule has 5 nitrogen and oxygen atoms in total. The molecular weight excluding hydrogens is 220 g/mol. The van der Waals surface area contributed by atoms with Gasteiger partial charge in [0, 0.05) is 12.6 Å². The Bertz CT molecular complexity index is 311. The van der Waals surface area contributed by atoms with E-state index in [0.29, 0.717) is 6.54 Å². The van der Waals surface area contributed by atoms with Crippen LogP contribution in [0.25, 0.3) is 0 Å². The van der Waals surface area contributed by atoms with Gasteiger partial charge in [0.2, 0.25) is 0 Å². The minimum Gasteiger partial charge on any atom is -0.444 e. The first-order valence-electron chi connectivity index (χ1n) is 6.23. The number of nitrogens with zero attached hydrogens (tertiary/aromatic N) is 1. The Labute approximate surface area is 102 Å². The van der Waals surface area contributed by atoms with Crippen LogP contribution < -0.4 is 5.73 Å². The van der Waals surface area contributed by atoms with Crippen molar-refractivity contribution in [3.63, 3.8) is 0 Å². The van der Waals surface area contributed by atoms with E-state index in [0.717, 1.165) is 12.8 Å². The maximum Gasteiger partial charge on any atom is 0.410 e. The number of ether oxygens (including phenoxy) is 1. The monoisotopic (exact) mass is 242 g/mol. The fourth-order valence-electron chi connectivity index (χ4n) is 2.76. The number of carbonyl (C=O) groups excluding carboxylic acids is 1. The predicted octanol–water partition coefficient (Wildman–Crippen LogP) is 0.704. The fraction of sp³-hybridized carbons (Fsp3) is 0.917. The Morgan fingerprint density at radius 3 is 2.59 bits per heavy atom. The molecular formula is C12H22N2O3. The van der Waals surface area contributed by atoms with Gasteiger partial charge in [-0.25, -0.2) is 4.79 Å². The van der Waals surface area contributed by atoms with Crippen molar-refractivity contribution in [3.8, 4) is 0 Å². The van der Waals surface area contributed by atoms with Gasteiger partial charge in [-0.15, -0.1) is 0 Å². The summed E-state index contributed by atoms with van der Waals surface area (Å²) in [7, 11) is 0. The molecule has 1 amide bonds. The molecule has 5 heteroatoms. The summed E-state index contributed by atoms with van der Waals surface area (Å²) >= 11 is 0. The van der Waals surface area contributed by atoms with Crippen molar-refractivity contribution in [1.29, 1.82) is 0 Å². The number of aliphatic hydroxyl groups is 1. The Balaban J connectivity index is 2.06. The third kappa shape index (κ3) is 2.40. The first kappa shape index (κ1) is 12.6. The summed E-state index contributed by atoms with van der Waals surface area (Å²) in [5.74, 6) is 0.197. The van der Waals surface area contributed by atoms with Crippen molar-refractivity contribution in [2.75, 3.05) is 6.54 Å². The number of amides is 1. The van der Waals surface area contributed by atoms with Gasteiger partial charge in [0.1, 0.15) is 5.60 Å². The summed E-state index contributed by atoms with van der Waals surface area (Å²) in [6.07, 6.45) is 0.856. The fourth-order valence-corrected chi connectivity index (χ4v) is 2.76. The third-order valence-corrected chi connectivity index (χ3v) is 3.63. The smallest absolute Gasteiger partial charge is 0.410 e. The van der Waals surface area contributed by atoms with Crippen LogP contribution in [0.1, 0.15) is 33.6 Å². The van der Waals surface area contributed by atoms with Gasteiger partial charge in [-0.3, -0.25) is 0 Å². The molecule has 0 aromatic rings. The number of carbonyl (C=O) groups is 1. The lowest BCUT2D eigenvalue weighted by Crippen LogP contribution is -2.66. The van der Waals surface area contributed by atoms with Crippen molar-refractivity contribution in [2.45, 2.75) is 57.4 Å². The second kappa shape index (κ2) is 4.14. The van der Waals surface area contributed by atoms with Gasteiger partial charge in [-0.2, -0.15) is 0 Å². The maximum absolute atomic E-state index is 12.0. The molecule has 3 rings (SSSR count). The van der Waals surface area contributed by atoms with E-state index in [1.165, 1.54) is 0 Å². The maximum atomic E-state index is 12.0.